The highest BCUT2D eigenvalue weighted by Gasteiger charge is 2.25. The Balaban J connectivity index is 1.83. The summed E-state index contributed by atoms with van der Waals surface area (Å²) in [5.74, 6) is 0.808. The van der Waals surface area contributed by atoms with Gasteiger partial charge in [-0.05, 0) is 63.6 Å². The van der Waals surface area contributed by atoms with Gasteiger partial charge in [0.1, 0.15) is 0 Å². The van der Waals surface area contributed by atoms with Gasteiger partial charge in [-0.1, -0.05) is 13.0 Å². The van der Waals surface area contributed by atoms with Crippen LogP contribution in [0.1, 0.15) is 51.0 Å². The smallest absolute Gasteiger partial charge is 0.0388 e. The summed E-state index contributed by atoms with van der Waals surface area (Å²) >= 11 is 1.86. The fraction of sp³-hybridized carbons (Fsp3) is 0.750. The summed E-state index contributed by atoms with van der Waals surface area (Å²) in [5, 5.41) is 5.97. The molecule has 1 aromatic rings. The lowest BCUT2D eigenvalue weighted by atomic mass is 9.91. The summed E-state index contributed by atoms with van der Waals surface area (Å²) < 4.78 is 0. The molecule has 0 aliphatic carbocycles. The largest absolute Gasteiger partial charge is 0.307 e. The maximum atomic E-state index is 3.80. The molecule has 1 fully saturated rings. The molecule has 0 aromatic carbocycles. The van der Waals surface area contributed by atoms with Crippen molar-refractivity contribution in [1.29, 1.82) is 0 Å². The van der Waals surface area contributed by atoms with Crippen LogP contribution in [-0.2, 0) is 0 Å². The Morgan fingerprint density at radius 1 is 1.47 bits per heavy atom. The Morgan fingerprint density at radius 2 is 2.32 bits per heavy atom. The monoisotopic (exact) mass is 280 g/mol. The van der Waals surface area contributed by atoms with E-state index in [1.807, 2.05) is 11.3 Å². The summed E-state index contributed by atoms with van der Waals surface area (Å²) in [6.07, 6.45) is 4.02. The van der Waals surface area contributed by atoms with Crippen molar-refractivity contribution in [2.45, 2.75) is 52.1 Å². The van der Waals surface area contributed by atoms with E-state index in [-0.39, 0.29) is 0 Å². The molecule has 2 unspecified atom stereocenters. The summed E-state index contributed by atoms with van der Waals surface area (Å²) in [6, 6.07) is 5.47. The second-order valence-electron chi connectivity index (χ2n) is 5.90. The summed E-state index contributed by atoms with van der Waals surface area (Å²) in [7, 11) is 0. The Hall–Kier alpha value is -0.380. The van der Waals surface area contributed by atoms with Gasteiger partial charge in [0.05, 0.1) is 0 Å². The highest BCUT2D eigenvalue weighted by molar-refractivity contribution is 7.10. The zero-order valence-electron chi connectivity index (χ0n) is 12.6. The van der Waals surface area contributed by atoms with Crippen molar-refractivity contribution in [3.63, 3.8) is 0 Å². The molecule has 1 N–H and O–H groups in total. The van der Waals surface area contributed by atoms with Gasteiger partial charge >= 0.3 is 0 Å². The van der Waals surface area contributed by atoms with Crippen molar-refractivity contribution in [3.8, 4) is 0 Å². The molecule has 0 spiro atoms. The Labute approximate surface area is 122 Å². The van der Waals surface area contributed by atoms with Gasteiger partial charge in [-0.15, -0.1) is 11.3 Å². The maximum Gasteiger partial charge on any atom is 0.0388 e. The number of thiophene rings is 1. The van der Waals surface area contributed by atoms with Crippen LogP contribution in [0.2, 0.25) is 0 Å². The molecule has 2 nitrogen and oxygen atoms in total. The lowest BCUT2D eigenvalue weighted by Gasteiger charge is -2.37. The van der Waals surface area contributed by atoms with Crippen molar-refractivity contribution in [2.75, 3.05) is 19.6 Å². The summed E-state index contributed by atoms with van der Waals surface area (Å²) in [6.45, 7) is 10.8. The number of likely N-dealkylation sites (tertiary alicyclic amines) is 1. The average Bonchev–Trinajstić information content (AvgIpc) is 2.93. The van der Waals surface area contributed by atoms with Gasteiger partial charge in [0.2, 0.25) is 0 Å². The number of nitrogens with one attached hydrogen (secondary N) is 1. The predicted octanol–water partition coefficient (Wildman–Crippen LogP) is 3.91. The van der Waals surface area contributed by atoms with Gasteiger partial charge < -0.3 is 10.2 Å². The van der Waals surface area contributed by atoms with E-state index in [9.17, 15) is 0 Å². The SMILES string of the molecule is CCCN1CCCC(C(C)N[C@H](C)c2cccs2)C1. The fourth-order valence-corrected chi connectivity index (χ4v) is 3.91. The normalized spacial score (nSPS) is 24.3. The minimum Gasteiger partial charge on any atom is -0.307 e. The van der Waals surface area contributed by atoms with Gasteiger partial charge in [-0.3, -0.25) is 0 Å². The molecule has 0 amide bonds. The third kappa shape index (κ3) is 4.30. The van der Waals surface area contributed by atoms with Gasteiger partial charge in [-0.25, -0.2) is 0 Å². The molecule has 1 aliphatic rings. The first-order valence-electron chi connectivity index (χ1n) is 7.72. The van der Waals surface area contributed by atoms with Gasteiger partial charge in [0.15, 0.2) is 0 Å². The second-order valence-corrected chi connectivity index (χ2v) is 6.87. The number of piperidine rings is 1. The van der Waals surface area contributed by atoms with Crippen LogP contribution in [0.25, 0.3) is 0 Å². The molecule has 2 rings (SSSR count). The number of hydrogen-bond acceptors (Lipinski definition) is 3. The van der Waals surface area contributed by atoms with Crippen LogP contribution in [0.3, 0.4) is 0 Å². The minimum absolute atomic E-state index is 0.483. The fourth-order valence-electron chi connectivity index (χ4n) is 3.17. The molecule has 3 atom stereocenters. The van der Waals surface area contributed by atoms with Crippen LogP contribution in [0, 0.1) is 5.92 Å². The van der Waals surface area contributed by atoms with E-state index >= 15 is 0 Å². The molecule has 1 aromatic heterocycles. The highest BCUT2D eigenvalue weighted by atomic mass is 32.1. The summed E-state index contributed by atoms with van der Waals surface area (Å²) in [4.78, 5) is 4.09. The van der Waals surface area contributed by atoms with E-state index in [0.29, 0.717) is 12.1 Å². The zero-order valence-corrected chi connectivity index (χ0v) is 13.4. The molecule has 2 heterocycles. The van der Waals surface area contributed by atoms with Crippen molar-refractivity contribution in [2.24, 2.45) is 5.92 Å². The van der Waals surface area contributed by atoms with Crippen LogP contribution in [0.5, 0.6) is 0 Å². The zero-order chi connectivity index (χ0) is 13.7. The first-order valence-corrected chi connectivity index (χ1v) is 8.60. The van der Waals surface area contributed by atoms with E-state index in [2.05, 4.69) is 48.5 Å². The van der Waals surface area contributed by atoms with Crippen LogP contribution in [0.15, 0.2) is 17.5 Å². The summed E-state index contributed by atoms with van der Waals surface area (Å²) in [5.41, 5.74) is 0. The van der Waals surface area contributed by atoms with Crippen LogP contribution in [-0.4, -0.2) is 30.6 Å². The van der Waals surface area contributed by atoms with Gasteiger partial charge in [0, 0.05) is 23.5 Å². The van der Waals surface area contributed by atoms with Gasteiger partial charge in [0.25, 0.3) is 0 Å². The van der Waals surface area contributed by atoms with E-state index in [4.69, 9.17) is 0 Å². The molecule has 108 valence electrons. The molecular weight excluding hydrogens is 252 g/mol. The lowest BCUT2D eigenvalue weighted by molar-refractivity contribution is 0.147. The lowest BCUT2D eigenvalue weighted by Crippen LogP contribution is -2.45. The Kier molecular flexibility index (Phi) is 5.86. The van der Waals surface area contributed by atoms with E-state index in [1.165, 1.54) is 43.8 Å². The molecule has 0 radical (unpaired) electrons. The standard InChI is InChI=1S/C16H28N2S/c1-4-9-18-10-5-7-15(12-18)13(2)17-14(3)16-8-6-11-19-16/h6,8,11,13-15,17H,4-5,7,9-10,12H2,1-3H3/t13?,14-,15?/m1/s1. The van der Waals surface area contributed by atoms with E-state index in [1.54, 1.807) is 0 Å². The molecule has 1 saturated heterocycles. The second kappa shape index (κ2) is 7.41. The first-order chi connectivity index (χ1) is 9.20. The Bertz CT molecular complexity index is 348. The van der Waals surface area contributed by atoms with Gasteiger partial charge in [-0.2, -0.15) is 0 Å². The topological polar surface area (TPSA) is 15.3 Å². The number of nitrogens with zero attached hydrogens (tertiary/aromatic N) is 1. The Morgan fingerprint density at radius 3 is 3.00 bits per heavy atom. The number of hydrogen-bond donors (Lipinski definition) is 1. The van der Waals surface area contributed by atoms with E-state index < -0.39 is 0 Å². The van der Waals surface area contributed by atoms with Crippen LogP contribution in [0.4, 0.5) is 0 Å². The van der Waals surface area contributed by atoms with Crippen molar-refractivity contribution >= 4 is 11.3 Å². The molecule has 0 saturated carbocycles. The van der Waals surface area contributed by atoms with Crippen molar-refractivity contribution < 1.29 is 0 Å². The average molecular weight is 280 g/mol. The maximum absolute atomic E-state index is 3.80. The number of rotatable bonds is 6. The first kappa shape index (κ1) is 15.0. The predicted molar refractivity (Wildman–Crippen MR) is 84.8 cm³/mol. The highest BCUT2D eigenvalue weighted by Crippen LogP contribution is 2.24. The molecular formula is C16H28N2S. The van der Waals surface area contributed by atoms with Crippen molar-refractivity contribution in [1.82, 2.24) is 10.2 Å². The third-order valence-electron chi connectivity index (χ3n) is 4.27. The van der Waals surface area contributed by atoms with Crippen LogP contribution >= 0.6 is 11.3 Å². The quantitative estimate of drug-likeness (QED) is 0.850. The van der Waals surface area contributed by atoms with Crippen LogP contribution < -0.4 is 5.32 Å². The molecule has 0 bridgehead atoms. The van der Waals surface area contributed by atoms with Crippen molar-refractivity contribution in [3.05, 3.63) is 22.4 Å². The molecule has 19 heavy (non-hydrogen) atoms. The minimum atomic E-state index is 0.483. The molecule has 1 aliphatic heterocycles. The van der Waals surface area contributed by atoms with E-state index in [0.717, 1.165) is 5.92 Å². The molecule has 3 heteroatoms. The third-order valence-corrected chi connectivity index (χ3v) is 5.33.